The predicted octanol–water partition coefficient (Wildman–Crippen LogP) is 1.80. The average Bonchev–Trinajstić information content (AvgIpc) is 2.18. The van der Waals surface area contributed by atoms with Crippen molar-refractivity contribution in [3.63, 3.8) is 0 Å². The molecule has 1 saturated heterocycles. The van der Waals surface area contributed by atoms with Crippen LogP contribution in [0.25, 0.3) is 0 Å². The lowest BCUT2D eigenvalue weighted by atomic mass is 10.0. The van der Waals surface area contributed by atoms with Crippen LogP contribution in [0.2, 0.25) is 0 Å². The fourth-order valence-electron chi connectivity index (χ4n) is 1.73. The Morgan fingerprint density at radius 1 is 1.50 bits per heavy atom. The van der Waals surface area contributed by atoms with Crippen molar-refractivity contribution in [3.8, 4) is 0 Å². The summed E-state index contributed by atoms with van der Waals surface area (Å²) in [7, 11) is 0. The number of aliphatic carboxylic acids is 1. The third-order valence-electron chi connectivity index (χ3n) is 2.50. The quantitative estimate of drug-likeness (QED) is 0.708. The minimum absolute atomic E-state index is 0.463. The molecule has 3 nitrogen and oxygen atoms in total. The highest BCUT2D eigenvalue weighted by molar-refractivity contribution is 5.84. The molecule has 0 spiro atoms. The van der Waals surface area contributed by atoms with Crippen molar-refractivity contribution in [2.75, 3.05) is 19.6 Å². The number of rotatable bonds is 3. The first kappa shape index (κ1) is 11.2. The van der Waals surface area contributed by atoms with Crippen LogP contribution in [0.5, 0.6) is 0 Å². The molecule has 4 heteroatoms. The summed E-state index contributed by atoms with van der Waals surface area (Å²) in [5.74, 6) is -2.37. The highest BCUT2D eigenvalue weighted by Gasteiger charge is 2.19. The summed E-state index contributed by atoms with van der Waals surface area (Å²) in [5.41, 5.74) is 0.463. The van der Waals surface area contributed by atoms with E-state index in [4.69, 9.17) is 5.11 Å². The summed E-state index contributed by atoms with van der Waals surface area (Å²) in [6.07, 6.45) is 2.19. The van der Waals surface area contributed by atoms with Crippen molar-refractivity contribution in [2.45, 2.75) is 26.2 Å². The number of hydrogen-bond acceptors (Lipinski definition) is 2. The number of carbonyl (C=O) groups is 1. The number of halogens is 1. The normalized spacial score (nSPS) is 18.3. The van der Waals surface area contributed by atoms with Crippen LogP contribution < -0.4 is 0 Å². The molecule has 1 aliphatic heterocycles. The maximum atomic E-state index is 13.0. The van der Waals surface area contributed by atoms with Gasteiger partial charge in [-0.2, -0.15) is 4.39 Å². The minimum atomic E-state index is -1.43. The van der Waals surface area contributed by atoms with Gasteiger partial charge in [-0.1, -0.05) is 6.92 Å². The van der Waals surface area contributed by atoms with Crippen molar-refractivity contribution in [1.29, 1.82) is 0 Å². The van der Waals surface area contributed by atoms with E-state index in [-0.39, 0.29) is 0 Å². The Kier molecular flexibility index (Phi) is 4.07. The number of hydrogen-bond donors (Lipinski definition) is 1. The van der Waals surface area contributed by atoms with Crippen LogP contribution >= 0.6 is 0 Å². The molecule has 0 saturated carbocycles. The summed E-state index contributed by atoms with van der Waals surface area (Å²) in [6, 6.07) is 0. The van der Waals surface area contributed by atoms with Crippen molar-refractivity contribution in [3.05, 3.63) is 11.4 Å². The molecule has 0 amide bonds. The van der Waals surface area contributed by atoms with E-state index < -0.39 is 11.8 Å². The van der Waals surface area contributed by atoms with Crippen LogP contribution in [0, 0.1) is 0 Å². The Balaban J connectivity index is 2.50. The summed E-state index contributed by atoms with van der Waals surface area (Å²) < 4.78 is 13.0. The monoisotopic (exact) mass is 201 g/mol. The van der Waals surface area contributed by atoms with E-state index in [2.05, 4.69) is 11.8 Å². The molecular weight excluding hydrogens is 185 g/mol. The molecule has 0 aromatic rings. The van der Waals surface area contributed by atoms with Crippen molar-refractivity contribution >= 4 is 5.97 Å². The first-order chi connectivity index (χ1) is 6.65. The Morgan fingerprint density at radius 2 is 2.07 bits per heavy atom. The van der Waals surface area contributed by atoms with Gasteiger partial charge in [-0.05, 0) is 31.4 Å². The molecule has 1 fully saturated rings. The SMILES string of the molecule is CCCN1CCC(=C(F)C(=O)O)CC1. The van der Waals surface area contributed by atoms with Crippen LogP contribution in [0.4, 0.5) is 4.39 Å². The second kappa shape index (κ2) is 5.10. The Morgan fingerprint density at radius 3 is 2.50 bits per heavy atom. The van der Waals surface area contributed by atoms with Crippen LogP contribution in [0.15, 0.2) is 11.4 Å². The third kappa shape index (κ3) is 2.80. The summed E-state index contributed by atoms with van der Waals surface area (Å²) in [5, 5.41) is 8.46. The van der Waals surface area contributed by atoms with E-state index in [9.17, 15) is 9.18 Å². The van der Waals surface area contributed by atoms with E-state index in [1.165, 1.54) is 0 Å². The molecule has 14 heavy (non-hydrogen) atoms. The Bertz CT molecular complexity index is 241. The number of carboxylic acid groups (broad SMARTS) is 1. The molecule has 1 aliphatic rings. The van der Waals surface area contributed by atoms with Gasteiger partial charge in [-0.15, -0.1) is 0 Å². The minimum Gasteiger partial charge on any atom is -0.476 e. The molecule has 0 atom stereocenters. The zero-order chi connectivity index (χ0) is 10.6. The molecule has 0 aromatic carbocycles. The molecular formula is C10H16FNO2. The lowest BCUT2D eigenvalue weighted by Gasteiger charge is -2.27. The van der Waals surface area contributed by atoms with Gasteiger partial charge in [0.2, 0.25) is 5.83 Å². The number of nitrogens with zero attached hydrogens (tertiary/aromatic N) is 1. The van der Waals surface area contributed by atoms with E-state index >= 15 is 0 Å². The van der Waals surface area contributed by atoms with Gasteiger partial charge in [0.05, 0.1) is 0 Å². The van der Waals surface area contributed by atoms with Crippen LogP contribution in [-0.2, 0) is 4.79 Å². The lowest BCUT2D eigenvalue weighted by Crippen LogP contribution is -2.31. The zero-order valence-electron chi connectivity index (χ0n) is 8.42. The lowest BCUT2D eigenvalue weighted by molar-refractivity contribution is -0.134. The van der Waals surface area contributed by atoms with E-state index in [1.54, 1.807) is 0 Å². The smallest absolute Gasteiger partial charge is 0.364 e. The van der Waals surface area contributed by atoms with Gasteiger partial charge in [-0.25, -0.2) is 4.79 Å². The molecule has 0 bridgehead atoms. The van der Waals surface area contributed by atoms with Crippen molar-refractivity contribution in [1.82, 2.24) is 4.90 Å². The van der Waals surface area contributed by atoms with Gasteiger partial charge in [0, 0.05) is 13.1 Å². The standard InChI is InChI=1S/C10H16FNO2/c1-2-5-12-6-3-8(4-7-12)9(11)10(13)14/h2-7H2,1H3,(H,13,14). The molecule has 1 N–H and O–H groups in total. The molecule has 0 radical (unpaired) electrons. The molecule has 0 aliphatic carbocycles. The van der Waals surface area contributed by atoms with Gasteiger partial charge in [0.25, 0.3) is 0 Å². The van der Waals surface area contributed by atoms with Crippen LogP contribution in [0.3, 0.4) is 0 Å². The Hall–Kier alpha value is -0.900. The first-order valence-corrected chi connectivity index (χ1v) is 4.98. The molecule has 1 heterocycles. The van der Waals surface area contributed by atoms with E-state index in [0.717, 1.165) is 26.1 Å². The molecule has 1 rings (SSSR count). The van der Waals surface area contributed by atoms with Gasteiger partial charge >= 0.3 is 5.97 Å². The second-order valence-electron chi connectivity index (χ2n) is 3.56. The summed E-state index contributed by atoms with van der Waals surface area (Å²) in [4.78, 5) is 12.6. The summed E-state index contributed by atoms with van der Waals surface area (Å²) >= 11 is 0. The van der Waals surface area contributed by atoms with Gasteiger partial charge in [0.1, 0.15) is 0 Å². The molecule has 80 valence electrons. The molecule has 0 aromatic heterocycles. The first-order valence-electron chi connectivity index (χ1n) is 4.98. The van der Waals surface area contributed by atoms with E-state index in [1.807, 2.05) is 0 Å². The van der Waals surface area contributed by atoms with Gasteiger partial charge in [-0.3, -0.25) is 0 Å². The fraction of sp³-hybridized carbons (Fsp3) is 0.700. The van der Waals surface area contributed by atoms with Gasteiger partial charge in [0.15, 0.2) is 0 Å². The highest BCUT2D eigenvalue weighted by Crippen LogP contribution is 2.20. The summed E-state index contributed by atoms with van der Waals surface area (Å²) in [6.45, 7) is 4.68. The maximum absolute atomic E-state index is 13.0. The number of piperidine rings is 1. The average molecular weight is 201 g/mol. The Labute approximate surface area is 83.2 Å². The van der Waals surface area contributed by atoms with Gasteiger partial charge < -0.3 is 10.0 Å². The largest absolute Gasteiger partial charge is 0.476 e. The maximum Gasteiger partial charge on any atom is 0.364 e. The van der Waals surface area contributed by atoms with Crippen LogP contribution in [0.1, 0.15) is 26.2 Å². The number of carboxylic acids is 1. The number of likely N-dealkylation sites (tertiary alicyclic amines) is 1. The zero-order valence-corrected chi connectivity index (χ0v) is 8.42. The van der Waals surface area contributed by atoms with Crippen molar-refractivity contribution in [2.24, 2.45) is 0 Å². The predicted molar refractivity (Wildman–Crippen MR) is 51.7 cm³/mol. The van der Waals surface area contributed by atoms with E-state index in [0.29, 0.717) is 18.4 Å². The topological polar surface area (TPSA) is 40.5 Å². The van der Waals surface area contributed by atoms with Crippen molar-refractivity contribution < 1.29 is 14.3 Å². The molecule has 0 unspecified atom stereocenters. The third-order valence-corrected chi connectivity index (χ3v) is 2.50. The fourth-order valence-corrected chi connectivity index (χ4v) is 1.73. The second-order valence-corrected chi connectivity index (χ2v) is 3.56. The highest BCUT2D eigenvalue weighted by atomic mass is 19.1. The van der Waals surface area contributed by atoms with Crippen LogP contribution in [-0.4, -0.2) is 35.6 Å².